The fraction of sp³-hybridized carbons (Fsp3) is 0.238. The molecule has 2 aromatic carbocycles. The van der Waals surface area contributed by atoms with Crippen LogP contribution in [-0.2, 0) is 6.54 Å². The number of rotatable bonds is 7. The van der Waals surface area contributed by atoms with Crippen molar-refractivity contribution in [3.05, 3.63) is 65.0 Å². The lowest BCUT2D eigenvalue weighted by Crippen LogP contribution is -2.22. The van der Waals surface area contributed by atoms with Gasteiger partial charge in [-0.2, -0.15) is 0 Å². The predicted octanol–water partition coefficient (Wildman–Crippen LogP) is 4.33. The first-order chi connectivity index (χ1) is 13.6. The van der Waals surface area contributed by atoms with Crippen molar-refractivity contribution in [2.45, 2.75) is 19.4 Å². The number of nitrogens with two attached hydrogens (primary N) is 1. The molecule has 1 amide bonds. The van der Waals surface area contributed by atoms with Gasteiger partial charge in [-0.1, -0.05) is 47.1 Å². The number of halogens is 1. The van der Waals surface area contributed by atoms with Gasteiger partial charge >= 0.3 is 0 Å². The van der Waals surface area contributed by atoms with Crippen molar-refractivity contribution in [2.75, 3.05) is 17.6 Å². The van der Waals surface area contributed by atoms with Gasteiger partial charge in [-0.05, 0) is 36.0 Å². The van der Waals surface area contributed by atoms with E-state index in [4.69, 9.17) is 17.3 Å². The number of aromatic nitrogens is 1. The summed E-state index contributed by atoms with van der Waals surface area (Å²) in [5.41, 5.74) is 10.8. The molecule has 0 bridgehead atoms. The van der Waals surface area contributed by atoms with E-state index in [0.717, 1.165) is 34.8 Å². The monoisotopic (exact) mass is 396 g/mol. The third-order valence-electron chi connectivity index (χ3n) is 4.85. The number of amides is 1. The second kappa shape index (κ2) is 7.94. The minimum absolute atomic E-state index is 0.259. The van der Waals surface area contributed by atoms with Crippen LogP contribution in [0, 0.1) is 5.92 Å². The summed E-state index contributed by atoms with van der Waals surface area (Å²) in [5, 5.41) is 10.3. The average molecular weight is 397 g/mol. The standard InChI is InChI=1S/C21H21ClN4O2/c22-19-16(7-8-17(20(19)23)24-11-13-1-2-13)15-5-3-14(4-6-15)12-25-21(27)18-9-10-28-26-18/h3-10,13,24H,1-2,11-12,23H2,(H,25,27). The number of nitrogen functional groups attached to an aromatic ring is 1. The minimum Gasteiger partial charge on any atom is -0.396 e. The van der Waals surface area contributed by atoms with Gasteiger partial charge in [-0.15, -0.1) is 0 Å². The van der Waals surface area contributed by atoms with Crippen molar-refractivity contribution < 1.29 is 9.32 Å². The van der Waals surface area contributed by atoms with E-state index in [2.05, 4.69) is 20.3 Å². The summed E-state index contributed by atoms with van der Waals surface area (Å²) >= 11 is 6.53. The van der Waals surface area contributed by atoms with Crippen LogP contribution in [0.5, 0.6) is 0 Å². The molecule has 1 fully saturated rings. The maximum atomic E-state index is 11.9. The molecule has 1 heterocycles. The number of hydrogen-bond acceptors (Lipinski definition) is 5. The van der Waals surface area contributed by atoms with Gasteiger partial charge in [-0.25, -0.2) is 0 Å². The Kier molecular flexibility index (Phi) is 5.21. The number of hydrogen-bond donors (Lipinski definition) is 3. The third-order valence-corrected chi connectivity index (χ3v) is 5.25. The van der Waals surface area contributed by atoms with E-state index >= 15 is 0 Å². The zero-order valence-electron chi connectivity index (χ0n) is 15.2. The van der Waals surface area contributed by atoms with Gasteiger partial charge in [0.05, 0.1) is 16.4 Å². The summed E-state index contributed by atoms with van der Waals surface area (Å²) in [4.78, 5) is 11.9. The van der Waals surface area contributed by atoms with Crippen LogP contribution in [0.25, 0.3) is 11.1 Å². The van der Waals surface area contributed by atoms with Crippen molar-refractivity contribution in [2.24, 2.45) is 5.92 Å². The highest BCUT2D eigenvalue weighted by Gasteiger charge is 2.21. The van der Waals surface area contributed by atoms with Gasteiger partial charge in [0.15, 0.2) is 5.69 Å². The van der Waals surface area contributed by atoms with Gasteiger partial charge in [0, 0.05) is 24.7 Å². The second-order valence-corrected chi connectivity index (χ2v) is 7.35. The highest BCUT2D eigenvalue weighted by atomic mass is 35.5. The molecule has 0 saturated heterocycles. The molecule has 1 aliphatic carbocycles. The molecule has 7 heteroatoms. The Bertz CT molecular complexity index is 967. The van der Waals surface area contributed by atoms with Crippen molar-refractivity contribution in [3.63, 3.8) is 0 Å². The van der Waals surface area contributed by atoms with Gasteiger partial charge in [-0.3, -0.25) is 4.79 Å². The smallest absolute Gasteiger partial charge is 0.273 e. The highest BCUT2D eigenvalue weighted by molar-refractivity contribution is 6.36. The first-order valence-corrected chi connectivity index (χ1v) is 9.59. The summed E-state index contributed by atoms with van der Waals surface area (Å²) in [6.45, 7) is 1.33. The van der Waals surface area contributed by atoms with Crippen molar-refractivity contribution in [1.29, 1.82) is 0 Å². The molecule has 144 valence electrons. The van der Waals surface area contributed by atoms with Crippen LogP contribution in [0.1, 0.15) is 28.9 Å². The van der Waals surface area contributed by atoms with Crippen LogP contribution in [0.2, 0.25) is 5.02 Å². The van der Waals surface area contributed by atoms with Crippen molar-refractivity contribution in [1.82, 2.24) is 10.5 Å². The summed E-state index contributed by atoms with van der Waals surface area (Å²) in [6.07, 6.45) is 3.93. The Hall–Kier alpha value is -2.99. The van der Waals surface area contributed by atoms with Crippen LogP contribution < -0.4 is 16.4 Å². The number of nitrogens with one attached hydrogen (secondary N) is 2. The average Bonchev–Trinajstić information content (AvgIpc) is 3.38. The fourth-order valence-electron chi connectivity index (χ4n) is 2.95. The van der Waals surface area contributed by atoms with E-state index < -0.39 is 0 Å². The SMILES string of the molecule is Nc1c(NCC2CC2)ccc(-c2ccc(CNC(=O)c3ccon3)cc2)c1Cl. The van der Waals surface area contributed by atoms with Crippen molar-refractivity contribution >= 4 is 28.9 Å². The molecule has 4 N–H and O–H groups in total. The van der Waals surface area contributed by atoms with Crippen LogP contribution in [0.15, 0.2) is 53.3 Å². The molecule has 1 aliphatic rings. The van der Waals surface area contributed by atoms with E-state index in [-0.39, 0.29) is 11.6 Å². The summed E-state index contributed by atoms with van der Waals surface area (Å²) in [5.74, 6) is 0.484. The molecule has 0 spiro atoms. The Balaban J connectivity index is 1.43. The molecule has 0 aliphatic heterocycles. The predicted molar refractivity (Wildman–Crippen MR) is 110 cm³/mol. The first kappa shape index (κ1) is 18.4. The largest absolute Gasteiger partial charge is 0.396 e. The van der Waals surface area contributed by atoms with Gasteiger partial charge in [0.2, 0.25) is 0 Å². The molecular formula is C21H21ClN4O2. The first-order valence-electron chi connectivity index (χ1n) is 9.21. The van der Waals surface area contributed by atoms with Gasteiger partial charge in [0.1, 0.15) is 6.26 Å². The topological polar surface area (TPSA) is 93.2 Å². The quantitative estimate of drug-likeness (QED) is 0.517. The molecule has 6 nitrogen and oxygen atoms in total. The van der Waals surface area contributed by atoms with Crippen LogP contribution in [0.3, 0.4) is 0 Å². The zero-order chi connectivity index (χ0) is 19.5. The van der Waals surface area contributed by atoms with Crippen LogP contribution >= 0.6 is 11.6 Å². The lowest BCUT2D eigenvalue weighted by Gasteiger charge is -2.14. The molecule has 0 atom stereocenters. The molecular weight excluding hydrogens is 376 g/mol. The molecule has 4 rings (SSSR count). The Morgan fingerprint density at radius 3 is 2.64 bits per heavy atom. The van der Waals surface area contributed by atoms with Crippen LogP contribution in [-0.4, -0.2) is 17.6 Å². The molecule has 28 heavy (non-hydrogen) atoms. The van der Waals surface area contributed by atoms with E-state index in [1.807, 2.05) is 36.4 Å². The summed E-state index contributed by atoms with van der Waals surface area (Å²) < 4.78 is 4.67. The summed E-state index contributed by atoms with van der Waals surface area (Å²) in [6, 6.07) is 13.3. The molecule has 1 aromatic heterocycles. The lowest BCUT2D eigenvalue weighted by molar-refractivity contribution is 0.0942. The van der Waals surface area contributed by atoms with E-state index in [0.29, 0.717) is 17.3 Å². The Labute approximate surface area is 168 Å². The Morgan fingerprint density at radius 2 is 1.96 bits per heavy atom. The summed E-state index contributed by atoms with van der Waals surface area (Å²) in [7, 11) is 0. The minimum atomic E-state index is -0.275. The van der Waals surface area contributed by atoms with Crippen LogP contribution in [0.4, 0.5) is 11.4 Å². The van der Waals surface area contributed by atoms with Gasteiger partial charge < -0.3 is 20.9 Å². The molecule has 1 saturated carbocycles. The zero-order valence-corrected chi connectivity index (χ0v) is 16.0. The number of benzene rings is 2. The third kappa shape index (κ3) is 4.12. The fourth-order valence-corrected chi connectivity index (χ4v) is 3.22. The molecule has 0 unspecified atom stereocenters. The number of carbonyl (C=O) groups is 1. The van der Waals surface area contributed by atoms with Gasteiger partial charge in [0.25, 0.3) is 5.91 Å². The van der Waals surface area contributed by atoms with Crippen molar-refractivity contribution in [3.8, 4) is 11.1 Å². The van der Waals surface area contributed by atoms with E-state index in [1.165, 1.54) is 25.2 Å². The highest BCUT2D eigenvalue weighted by Crippen LogP contribution is 2.38. The van der Waals surface area contributed by atoms with E-state index in [1.54, 1.807) is 0 Å². The number of nitrogens with zero attached hydrogens (tertiary/aromatic N) is 1. The normalized spacial score (nSPS) is 13.3. The van der Waals surface area contributed by atoms with E-state index in [9.17, 15) is 4.79 Å². The molecule has 0 radical (unpaired) electrons. The number of anilines is 2. The maximum Gasteiger partial charge on any atom is 0.273 e. The maximum absolute atomic E-state index is 11.9. The number of carbonyl (C=O) groups excluding carboxylic acids is 1. The molecule has 3 aromatic rings. The lowest BCUT2D eigenvalue weighted by atomic mass is 10.0. The Morgan fingerprint density at radius 1 is 1.18 bits per heavy atom. The second-order valence-electron chi connectivity index (χ2n) is 6.98.